The van der Waals surface area contributed by atoms with E-state index >= 15 is 0 Å². The molecule has 8 heteroatoms. The van der Waals surface area contributed by atoms with Crippen molar-refractivity contribution in [2.75, 3.05) is 6.61 Å². The monoisotopic (exact) mass is 296 g/mol. The van der Waals surface area contributed by atoms with Gasteiger partial charge in [0.2, 0.25) is 0 Å². The van der Waals surface area contributed by atoms with Crippen molar-refractivity contribution in [3.8, 4) is 5.75 Å². The molecule has 1 rings (SSSR count). The number of hydrogen-bond acceptors (Lipinski definition) is 3. The van der Waals surface area contributed by atoms with Crippen LogP contribution in [0.1, 0.15) is 18.4 Å². The smallest absolute Gasteiger partial charge is 0.389 e. The standard InChI is InChI=1S/C11H12ClF3N2O2/c12-7-3-1-4-8(9(7)10(16)17-18)19-6-2-5-11(13,14)15/h1,3-4,18H,2,5-6H2,(H2,16,17). The summed E-state index contributed by atoms with van der Waals surface area (Å²) in [4.78, 5) is 0. The number of alkyl halides is 3. The van der Waals surface area contributed by atoms with Crippen LogP contribution >= 0.6 is 11.6 Å². The highest BCUT2D eigenvalue weighted by atomic mass is 35.5. The van der Waals surface area contributed by atoms with E-state index in [0.29, 0.717) is 0 Å². The second-order valence-electron chi connectivity index (χ2n) is 3.67. The van der Waals surface area contributed by atoms with Crippen LogP contribution in [-0.2, 0) is 0 Å². The zero-order valence-corrected chi connectivity index (χ0v) is 10.5. The molecule has 0 aromatic heterocycles. The van der Waals surface area contributed by atoms with Crippen molar-refractivity contribution in [3.05, 3.63) is 28.8 Å². The number of ether oxygens (including phenoxy) is 1. The summed E-state index contributed by atoms with van der Waals surface area (Å²) >= 11 is 5.86. The minimum atomic E-state index is -4.22. The number of benzene rings is 1. The highest BCUT2D eigenvalue weighted by Gasteiger charge is 2.26. The number of nitrogens with two attached hydrogens (primary N) is 1. The Balaban J connectivity index is 2.71. The third-order valence-corrected chi connectivity index (χ3v) is 2.52. The molecule has 0 heterocycles. The summed E-state index contributed by atoms with van der Waals surface area (Å²) in [7, 11) is 0. The SMILES string of the molecule is N/C(=N/O)c1c(Cl)cccc1OCCCC(F)(F)F. The first-order valence-corrected chi connectivity index (χ1v) is 5.69. The van der Waals surface area contributed by atoms with Gasteiger partial charge < -0.3 is 15.7 Å². The Labute approximate surface area is 112 Å². The largest absolute Gasteiger partial charge is 0.493 e. The average molecular weight is 297 g/mol. The molecule has 0 radical (unpaired) electrons. The van der Waals surface area contributed by atoms with Gasteiger partial charge in [0.15, 0.2) is 5.84 Å². The topological polar surface area (TPSA) is 67.8 Å². The van der Waals surface area contributed by atoms with Crippen molar-refractivity contribution in [2.24, 2.45) is 10.9 Å². The van der Waals surface area contributed by atoms with Crippen molar-refractivity contribution in [1.29, 1.82) is 0 Å². The Kier molecular flexibility index (Phi) is 5.29. The molecule has 19 heavy (non-hydrogen) atoms. The number of nitrogens with zero attached hydrogens (tertiary/aromatic N) is 1. The zero-order valence-electron chi connectivity index (χ0n) is 9.75. The van der Waals surface area contributed by atoms with E-state index in [2.05, 4.69) is 5.16 Å². The highest BCUT2D eigenvalue weighted by Crippen LogP contribution is 2.27. The second kappa shape index (κ2) is 6.51. The molecule has 0 bridgehead atoms. The highest BCUT2D eigenvalue weighted by molar-refractivity contribution is 6.34. The molecule has 0 aliphatic carbocycles. The predicted octanol–water partition coefficient (Wildman–Crippen LogP) is 3.16. The minimum Gasteiger partial charge on any atom is -0.493 e. The van der Waals surface area contributed by atoms with E-state index in [9.17, 15) is 13.2 Å². The molecule has 0 atom stereocenters. The fraction of sp³-hybridized carbons (Fsp3) is 0.364. The lowest BCUT2D eigenvalue weighted by atomic mass is 10.2. The molecule has 0 aliphatic rings. The molecule has 0 aliphatic heterocycles. The summed E-state index contributed by atoms with van der Waals surface area (Å²) in [6.07, 6.45) is -5.34. The lowest BCUT2D eigenvalue weighted by molar-refractivity contribution is -0.136. The third-order valence-electron chi connectivity index (χ3n) is 2.20. The molecular formula is C11H12ClF3N2O2. The van der Waals surface area contributed by atoms with Gasteiger partial charge in [0.1, 0.15) is 5.75 Å². The van der Waals surface area contributed by atoms with Gasteiger partial charge in [0.25, 0.3) is 0 Å². The summed E-state index contributed by atoms with van der Waals surface area (Å²) in [6, 6.07) is 4.53. The molecule has 0 amide bonds. The molecule has 3 N–H and O–H groups in total. The molecule has 0 saturated carbocycles. The molecule has 4 nitrogen and oxygen atoms in total. The molecule has 0 spiro atoms. The predicted molar refractivity (Wildman–Crippen MR) is 64.7 cm³/mol. The fourth-order valence-electron chi connectivity index (χ4n) is 1.38. The Morgan fingerprint density at radius 1 is 1.42 bits per heavy atom. The molecule has 1 aromatic rings. The third kappa shape index (κ3) is 4.86. The van der Waals surface area contributed by atoms with Gasteiger partial charge in [-0.2, -0.15) is 13.2 Å². The maximum absolute atomic E-state index is 12.0. The number of amidine groups is 1. The van der Waals surface area contributed by atoms with Crippen LogP contribution < -0.4 is 10.5 Å². The van der Waals surface area contributed by atoms with Gasteiger partial charge in [0.05, 0.1) is 17.2 Å². The van der Waals surface area contributed by atoms with E-state index in [4.69, 9.17) is 27.3 Å². The first-order chi connectivity index (χ1) is 8.85. The second-order valence-corrected chi connectivity index (χ2v) is 4.07. The van der Waals surface area contributed by atoms with Gasteiger partial charge in [0, 0.05) is 6.42 Å². The van der Waals surface area contributed by atoms with Crippen molar-refractivity contribution >= 4 is 17.4 Å². The Morgan fingerprint density at radius 2 is 2.11 bits per heavy atom. The number of oxime groups is 1. The molecule has 0 unspecified atom stereocenters. The van der Waals surface area contributed by atoms with Crippen LogP contribution in [0.5, 0.6) is 5.75 Å². The summed E-state index contributed by atoms with van der Waals surface area (Å²) in [5, 5.41) is 11.6. The molecular weight excluding hydrogens is 285 g/mol. The number of rotatable bonds is 5. The normalized spacial score (nSPS) is 12.5. The van der Waals surface area contributed by atoms with Crippen LogP contribution in [0, 0.1) is 0 Å². The molecule has 1 aromatic carbocycles. The molecule has 0 fully saturated rings. The van der Waals surface area contributed by atoms with Gasteiger partial charge in [-0.25, -0.2) is 0 Å². The molecule has 106 valence electrons. The van der Waals surface area contributed by atoms with E-state index in [0.717, 1.165) is 0 Å². The number of hydrogen-bond donors (Lipinski definition) is 2. The lowest BCUT2D eigenvalue weighted by Gasteiger charge is -2.12. The lowest BCUT2D eigenvalue weighted by Crippen LogP contribution is -2.16. The molecule has 0 saturated heterocycles. The number of halogens is 4. The van der Waals surface area contributed by atoms with Crippen LogP contribution in [0.15, 0.2) is 23.4 Å². The summed E-state index contributed by atoms with van der Waals surface area (Å²) in [5.74, 6) is -0.0959. The maximum Gasteiger partial charge on any atom is 0.389 e. The van der Waals surface area contributed by atoms with Crippen LogP contribution in [-0.4, -0.2) is 23.8 Å². The van der Waals surface area contributed by atoms with Gasteiger partial charge in [-0.1, -0.05) is 22.8 Å². The Hall–Kier alpha value is -1.63. The van der Waals surface area contributed by atoms with Crippen LogP contribution in [0.4, 0.5) is 13.2 Å². The van der Waals surface area contributed by atoms with Gasteiger partial charge in [-0.05, 0) is 18.6 Å². The summed E-state index contributed by atoms with van der Waals surface area (Å²) in [5.41, 5.74) is 5.58. The van der Waals surface area contributed by atoms with E-state index in [1.165, 1.54) is 12.1 Å². The minimum absolute atomic E-state index is 0.147. The van der Waals surface area contributed by atoms with Crippen LogP contribution in [0.25, 0.3) is 0 Å². The zero-order chi connectivity index (χ0) is 14.5. The van der Waals surface area contributed by atoms with E-state index in [1.807, 2.05) is 0 Å². The first-order valence-electron chi connectivity index (χ1n) is 5.31. The van der Waals surface area contributed by atoms with Crippen molar-refractivity contribution in [2.45, 2.75) is 19.0 Å². The van der Waals surface area contributed by atoms with Crippen molar-refractivity contribution in [3.63, 3.8) is 0 Å². The van der Waals surface area contributed by atoms with Crippen LogP contribution in [0.3, 0.4) is 0 Å². The maximum atomic E-state index is 12.0. The van der Waals surface area contributed by atoms with Gasteiger partial charge in [-0.3, -0.25) is 0 Å². The quantitative estimate of drug-likeness (QED) is 0.288. The Morgan fingerprint density at radius 3 is 2.68 bits per heavy atom. The van der Waals surface area contributed by atoms with Crippen molar-refractivity contribution in [1.82, 2.24) is 0 Å². The fourth-order valence-corrected chi connectivity index (χ4v) is 1.64. The van der Waals surface area contributed by atoms with Gasteiger partial charge in [-0.15, -0.1) is 0 Å². The van der Waals surface area contributed by atoms with Gasteiger partial charge >= 0.3 is 6.18 Å². The van der Waals surface area contributed by atoms with E-state index in [1.54, 1.807) is 6.07 Å². The average Bonchev–Trinajstić information content (AvgIpc) is 2.33. The van der Waals surface area contributed by atoms with E-state index < -0.39 is 12.6 Å². The summed E-state index contributed by atoms with van der Waals surface area (Å²) in [6.45, 7) is -0.147. The van der Waals surface area contributed by atoms with Crippen molar-refractivity contribution < 1.29 is 23.1 Å². The van der Waals surface area contributed by atoms with Crippen LogP contribution in [0.2, 0.25) is 5.02 Å². The first kappa shape index (κ1) is 15.4. The summed E-state index contributed by atoms with van der Waals surface area (Å²) < 4.78 is 41.1. The van der Waals surface area contributed by atoms with E-state index in [-0.39, 0.29) is 35.2 Å². The Bertz CT molecular complexity index is 464.